The third kappa shape index (κ3) is 6.78. The van der Waals surface area contributed by atoms with Gasteiger partial charge in [-0.1, -0.05) is 23.7 Å². The Morgan fingerprint density at radius 3 is 2.51 bits per heavy atom. The highest BCUT2D eigenvalue weighted by molar-refractivity contribution is 7.22. The van der Waals surface area contributed by atoms with E-state index in [2.05, 4.69) is 25.5 Å². The molecule has 1 N–H and O–H groups in total. The first-order valence-electron chi connectivity index (χ1n) is 13.4. The van der Waals surface area contributed by atoms with Gasteiger partial charge in [0.1, 0.15) is 11.0 Å². The number of halogens is 2. The SMILES string of the molecule is C1CCNC1.CCOC(=O)c1cnc(CCc2ccc(F)cc2)c(-c2nnc(C)o2)c1-c1cc2ccnc(Cl)c2s1. The molecule has 1 aliphatic rings. The van der Waals surface area contributed by atoms with Gasteiger partial charge in [0.25, 0.3) is 0 Å². The Morgan fingerprint density at radius 1 is 1.10 bits per heavy atom. The van der Waals surface area contributed by atoms with E-state index < -0.39 is 5.97 Å². The number of pyridine rings is 2. The number of thiophene rings is 1. The van der Waals surface area contributed by atoms with Crippen molar-refractivity contribution in [3.8, 4) is 21.9 Å². The molecule has 41 heavy (non-hydrogen) atoms. The Balaban J connectivity index is 0.000000610. The molecule has 5 heterocycles. The maximum absolute atomic E-state index is 13.4. The molecule has 0 aliphatic carbocycles. The third-order valence-electron chi connectivity index (χ3n) is 6.55. The molecule has 0 amide bonds. The number of nitrogens with one attached hydrogen (secondary N) is 1. The molecule has 0 unspecified atom stereocenters. The highest BCUT2D eigenvalue weighted by Crippen LogP contribution is 2.43. The summed E-state index contributed by atoms with van der Waals surface area (Å²) in [7, 11) is 0. The van der Waals surface area contributed by atoms with Crippen LogP contribution in [0.5, 0.6) is 0 Å². The number of aromatic nitrogens is 4. The zero-order valence-corrected chi connectivity index (χ0v) is 24.3. The van der Waals surface area contributed by atoms with E-state index in [1.807, 2.05) is 12.1 Å². The summed E-state index contributed by atoms with van der Waals surface area (Å²) < 4.78 is 25.4. The quantitative estimate of drug-likeness (QED) is 0.162. The van der Waals surface area contributed by atoms with Crippen LogP contribution in [0.15, 0.2) is 53.2 Å². The van der Waals surface area contributed by atoms with Gasteiger partial charge in [-0.25, -0.2) is 14.2 Å². The number of fused-ring (bicyclic) bond motifs is 1. The highest BCUT2D eigenvalue weighted by Gasteiger charge is 2.27. The predicted octanol–water partition coefficient (Wildman–Crippen LogP) is 6.84. The van der Waals surface area contributed by atoms with Crippen LogP contribution >= 0.6 is 22.9 Å². The standard InChI is InChI=1S/C26H20ClFN4O3S.C4H9N/c1-3-34-26(33)18-13-30-19(9-6-15-4-7-17(28)8-5-15)22(25-32-31-14(2)35-25)21(18)20-12-16-10-11-29-24(27)23(16)36-20;1-2-4-5-3-1/h4-5,7-8,10-13H,3,6,9H2,1-2H3;5H,1-4H2. The molecule has 4 aromatic heterocycles. The summed E-state index contributed by atoms with van der Waals surface area (Å²) in [4.78, 5) is 22.6. The van der Waals surface area contributed by atoms with Crippen LogP contribution in [-0.2, 0) is 17.6 Å². The highest BCUT2D eigenvalue weighted by atomic mass is 35.5. The normalized spacial score (nSPS) is 12.8. The van der Waals surface area contributed by atoms with Gasteiger partial charge in [0.2, 0.25) is 11.8 Å². The van der Waals surface area contributed by atoms with Gasteiger partial charge in [0, 0.05) is 29.8 Å². The monoisotopic (exact) mass is 593 g/mol. The molecule has 0 bridgehead atoms. The summed E-state index contributed by atoms with van der Waals surface area (Å²) in [6.45, 7) is 6.15. The lowest BCUT2D eigenvalue weighted by atomic mass is 9.96. The molecule has 1 aliphatic heterocycles. The lowest BCUT2D eigenvalue weighted by molar-refractivity contribution is 0.0527. The topological polar surface area (TPSA) is 103 Å². The summed E-state index contributed by atoms with van der Waals surface area (Å²) in [6, 6.07) is 10.1. The summed E-state index contributed by atoms with van der Waals surface area (Å²) in [5.41, 5.74) is 3.02. The summed E-state index contributed by atoms with van der Waals surface area (Å²) in [6.07, 6.45) is 7.01. The second-order valence-electron chi connectivity index (χ2n) is 9.43. The molecule has 0 spiro atoms. The molecule has 0 atom stereocenters. The van der Waals surface area contributed by atoms with Gasteiger partial charge >= 0.3 is 5.97 Å². The van der Waals surface area contributed by atoms with Crippen molar-refractivity contribution in [1.29, 1.82) is 0 Å². The van der Waals surface area contributed by atoms with E-state index in [0.717, 1.165) is 20.5 Å². The molecule has 11 heteroatoms. The van der Waals surface area contributed by atoms with Crippen LogP contribution in [-0.4, -0.2) is 45.8 Å². The van der Waals surface area contributed by atoms with E-state index in [9.17, 15) is 9.18 Å². The predicted molar refractivity (Wildman–Crippen MR) is 158 cm³/mol. The van der Waals surface area contributed by atoms with Gasteiger partial charge in [-0.3, -0.25) is 4.98 Å². The van der Waals surface area contributed by atoms with Crippen LogP contribution in [0.2, 0.25) is 5.15 Å². The molecule has 8 nitrogen and oxygen atoms in total. The molecule has 6 rings (SSSR count). The average Bonchev–Trinajstić information content (AvgIpc) is 3.76. The zero-order chi connectivity index (χ0) is 28.8. The minimum atomic E-state index is -0.510. The van der Waals surface area contributed by atoms with E-state index in [-0.39, 0.29) is 23.9 Å². The smallest absolute Gasteiger partial charge is 0.340 e. The molecule has 1 fully saturated rings. The first-order chi connectivity index (χ1) is 19.9. The fourth-order valence-corrected chi connectivity index (χ4v) is 5.96. The maximum atomic E-state index is 13.4. The number of nitrogens with zero attached hydrogens (tertiary/aromatic N) is 4. The van der Waals surface area contributed by atoms with E-state index in [0.29, 0.717) is 40.7 Å². The van der Waals surface area contributed by atoms with E-state index >= 15 is 0 Å². The molecule has 5 aromatic rings. The van der Waals surface area contributed by atoms with Gasteiger partial charge in [-0.05, 0) is 80.9 Å². The largest absolute Gasteiger partial charge is 0.462 e. The van der Waals surface area contributed by atoms with Gasteiger partial charge in [-0.15, -0.1) is 21.5 Å². The van der Waals surface area contributed by atoms with Crippen molar-refractivity contribution >= 4 is 39.0 Å². The number of aryl methyl sites for hydroxylation is 3. The number of esters is 1. The Bertz CT molecular complexity index is 1640. The van der Waals surface area contributed by atoms with Crippen molar-refractivity contribution < 1.29 is 18.3 Å². The van der Waals surface area contributed by atoms with Gasteiger partial charge < -0.3 is 14.5 Å². The number of ether oxygens (including phenoxy) is 1. The average molecular weight is 594 g/mol. The molecular formula is C30H29ClFN5O3S. The van der Waals surface area contributed by atoms with Crippen LogP contribution in [0.25, 0.3) is 32.0 Å². The molecule has 212 valence electrons. The number of carbonyl (C=O) groups is 1. The number of hydrogen-bond donors (Lipinski definition) is 1. The Kier molecular flexibility index (Phi) is 9.33. The van der Waals surface area contributed by atoms with E-state index in [1.54, 1.807) is 32.2 Å². The molecule has 0 radical (unpaired) electrons. The van der Waals surface area contributed by atoms with E-state index in [4.69, 9.17) is 20.8 Å². The molecule has 1 saturated heterocycles. The van der Waals surface area contributed by atoms with Crippen molar-refractivity contribution in [1.82, 2.24) is 25.5 Å². The number of carbonyl (C=O) groups excluding carboxylic acids is 1. The minimum Gasteiger partial charge on any atom is -0.462 e. The Labute approximate surface area is 246 Å². The van der Waals surface area contributed by atoms with Gasteiger partial charge in [0.05, 0.1) is 28.1 Å². The summed E-state index contributed by atoms with van der Waals surface area (Å²) in [5, 5.41) is 12.7. The van der Waals surface area contributed by atoms with Crippen molar-refractivity contribution in [2.24, 2.45) is 0 Å². The van der Waals surface area contributed by atoms with Crippen LogP contribution in [0.4, 0.5) is 4.39 Å². The van der Waals surface area contributed by atoms with Crippen LogP contribution in [0.1, 0.15) is 47.3 Å². The second kappa shape index (κ2) is 13.3. The minimum absolute atomic E-state index is 0.210. The fourth-order valence-electron chi connectivity index (χ4n) is 4.58. The first kappa shape index (κ1) is 28.8. The van der Waals surface area contributed by atoms with Crippen molar-refractivity contribution in [3.63, 3.8) is 0 Å². The number of hydrogen-bond acceptors (Lipinski definition) is 9. The fraction of sp³-hybridized carbons (Fsp3) is 0.300. The lowest BCUT2D eigenvalue weighted by Gasteiger charge is -2.15. The van der Waals surface area contributed by atoms with Crippen molar-refractivity contribution in [2.45, 2.75) is 39.5 Å². The van der Waals surface area contributed by atoms with Gasteiger partial charge in [-0.2, -0.15) is 0 Å². The molecule has 1 aromatic carbocycles. The summed E-state index contributed by atoms with van der Waals surface area (Å²) in [5.74, 6) is -0.176. The lowest BCUT2D eigenvalue weighted by Crippen LogP contribution is -2.10. The van der Waals surface area contributed by atoms with Crippen molar-refractivity contribution in [3.05, 3.63) is 82.5 Å². The maximum Gasteiger partial charge on any atom is 0.340 e. The Hall–Kier alpha value is -3.73. The molecule has 0 saturated carbocycles. The second-order valence-corrected chi connectivity index (χ2v) is 10.8. The summed E-state index contributed by atoms with van der Waals surface area (Å²) >= 11 is 7.76. The zero-order valence-electron chi connectivity index (χ0n) is 22.7. The van der Waals surface area contributed by atoms with Crippen molar-refractivity contribution in [2.75, 3.05) is 19.7 Å². The van der Waals surface area contributed by atoms with Crippen LogP contribution in [0.3, 0.4) is 0 Å². The third-order valence-corrected chi connectivity index (χ3v) is 8.12. The van der Waals surface area contributed by atoms with E-state index in [1.165, 1.54) is 55.6 Å². The van der Waals surface area contributed by atoms with Crippen LogP contribution < -0.4 is 5.32 Å². The van der Waals surface area contributed by atoms with Gasteiger partial charge in [0.15, 0.2) is 0 Å². The Morgan fingerprint density at radius 2 is 1.88 bits per heavy atom. The number of rotatable bonds is 7. The first-order valence-corrected chi connectivity index (χ1v) is 14.6. The van der Waals surface area contributed by atoms with Crippen LogP contribution in [0, 0.1) is 12.7 Å². The number of benzene rings is 1. The molecular weight excluding hydrogens is 565 g/mol.